The molecule has 0 spiro atoms. The summed E-state index contributed by atoms with van der Waals surface area (Å²) in [5.41, 5.74) is 2.24. The van der Waals surface area contributed by atoms with Gasteiger partial charge >= 0.3 is 0 Å². The van der Waals surface area contributed by atoms with Crippen LogP contribution in [-0.2, 0) is 6.54 Å². The molecule has 1 N–H and O–H groups in total. The minimum absolute atomic E-state index is 0.725. The summed E-state index contributed by atoms with van der Waals surface area (Å²) in [6, 6.07) is 3.88. The Morgan fingerprint density at radius 1 is 1.29 bits per heavy atom. The first kappa shape index (κ1) is 14.1. The predicted octanol–water partition coefficient (Wildman–Crippen LogP) is 3.13. The van der Waals surface area contributed by atoms with Crippen LogP contribution in [0, 0.1) is 0 Å². The zero-order valence-electron chi connectivity index (χ0n) is 10.5. The highest BCUT2D eigenvalue weighted by molar-refractivity contribution is 9.10. The molecule has 1 aromatic rings. The molecule has 3 nitrogen and oxygen atoms in total. The number of halogens is 1. The van der Waals surface area contributed by atoms with E-state index >= 15 is 0 Å². The molecular weight excluding hydrogens is 282 g/mol. The van der Waals surface area contributed by atoms with Crippen molar-refractivity contribution < 1.29 is 9.47 Å². The standard InChI is InChI=1S/C13H18BrNO2/c1-9(2)7-15-8-10-5-12(16-3)13(17-4)6-11(10)14/h5-6,15H,1,7-8H2,2-4H3. The molecule has 0 aromatic heterocycles. The Bertz CT molecular complexity index is 405. The molecule has 0 heterocycles. The first-order valence-electron chi connectivity index (χ1n) is 5.34. The summed E-state index contributed by atoms with van der Waals surface area (Å²) in [5.74, 6) is 1.46. The largest absolute Gasteiger partial charge is 0.493 e. The molecule has 0 aliphatic carbocycles. The van der Waals surface area contributed by atoms with Crippen LogP contribution in [0.5, 0.6) is 11.5 Å². The Hall–Kier alpha value is -1.00. The summed E-state index contributed by atoms with van der Waals surface area (Å²) >= 11 is 3.52. The van der Waals surface area contributed by atoms with Gasteiger partial charge in [-0.2, -0.15) is 0 Å². The zero-order valence-corrected chi connectivity index (χ0v) is 12.1. The Labute approximate surface area is 111 Å². The number of hydrogen-bond donors (Lipinski definition) is 1. The summed E-state index contributed by atoms with van der Waals surface area (Å²) < 4.78 is 11.5. The molecule has 0 radical (unpaired) electrons. The van der Waals surface area contributed by atoms with E-state index in [1.54, 1.807) is 14.2 Å². The van der Waals surface area contributed by atoms with Crippen molar-refractivity contribution in [3.63, 3.8) is 0 Å². The second kappa shape index (κ2) is 6.67. The summed E-state index contributed by atoms with van der Waals surface area (Å²) in [6.07, 6.45) is 0. The average Bonchev–Trinajstić information content (AvgIpc) is 2.30. The fourth-order valence-electron chi connectivity index (χ4n) is 1.44. The highest BCUT2D eigenvalue weighted by atomic mass is 79.9. The second-order valence-corrected chi connectivity index (χ2v) is 4.71. The van der Waals surface area contributed by atoms with E-state index in [0.717, 1.165) is 40.2 Å². The molecule has 94 valence electrons. The lowest BCUT2D eigenvalue weighted by Gasteiger charge is -2.12. The van der Waals surface area contributed by atoms with E-state index in [-0.39, 0.29) is 0 Å². The van der Waals surface area contributed by atoms with Crippen LogP contribution in [-0.4, -0.2) is 20.8 Å². The van der Waals surface area contributed by atoms with Crippen molar-refractivity contribution >= 4 is 15.9 Å². The third-order valence-corrected chi connectivity index (χ3v) is 3.03. The molecule has 1 rings (SSSR count). The lowest BCUT2D eigenvalue weighted by Crippen LogP contribution is -2.15. The van der Waals surface area contributed by atoms with E-state index in [0.29, 0.717) is 0 Å². The molecule has 17 heavy (non-hydrogen) atoms. The van der Waals surface area contributed by atoms with Gasteiger partial charge in [0.2, 0.25) is 0 Å². The van der Waals surface area contributed by atoms with Crippen LogP contribution in [0.1, 0.15) is 12.5 Å². The van der Waals surface area contributed by atoms with E-state index in [2.05, 4.69) is 27.8 Å². The minimum atomic E-state index is 0.725. The topological polar surface area (TPSA) is 30.5 Å². The van der Waals surface area contributed by atoms with Crippen molar-refractivity contribution in [1.82, 2.24) is 5.32 Å². The average molecular weight is 300 g/mol. The van der Waals surface area contributed by atoms with Crippen LogP contribution in [0.4, 0.5) is 0 Å². The van der Waals surface area contributed by atoms with Crippen LogP contribution >= 0.6 is 15.9 Å². The Morgan fingerprint density at radius 3 is 2.41 bits per heavy atom. The van der Waals surface area contributed by atoms with E-state index in [9.17, 15) is 0 Å². The molecule has 0 atom stereocenters. The van der Waals surface area contributed by atoms with Gasteiger partial charge in [0.1, 0.15) is 0 Å². The maximum absolute atomic E-state index is 5.27. The van der Waals surface area contributed by atoms with Gasteiger partial charge in [-0.25, -0.2) is 0 Å². The van der Waals surface area contributed by atoms with E-state index in [1.807, 2.05) is 19.1 Å². The summed E-state index contributed by atoms with van der Waals surface area (Å²) in [6.45, 7) is 7.41. The van der Waals surface area contributed by atoms with Gasteiger partial charge in [0.05, 0.1) is 14.2 Å². The maximum atomic E-state index is 5.27. The normalized spacial score (nSPS) is 10.1. The smallest absolute Gasteiger partial charge is 0.161 e. The zero-order chi connectivity index (χ0) is 12.8. The number of methoxy groups -OCH3 is 2. The molecule has 0 amide bonds. The van der Waals surface area contributed by atoms with Crippen molar-refractivity contribution in [3.05, 3.63) is 34.3 Å². The summed E-state index contributed by atoms with van der Waals surface area (Å²) in [4.78, 5) is 0. The van der Waals surface area contributed by atoms with E-state index in [1.165, 1.54) is 0 Å². The Morgan fingerprint density at radius 2 is 1.88 bits per heavy atom. The summed E-state index contributed by atoms with van der Waals surface area (Å²) in [7, 11) is 3.26. The predicted molar refractivity (Wildman–Crippen MR) is 73.8 cm³/mol. The van der Waals surface area contributed by atoms with Gasteiger partial charge in [-0.1, -0.05) is 28.1 Å². The molecule has 0 fully saturated rings. The lowest BCUT2D eigenvalue weighted by molar-refractivity contribution is 0.354. The number of ether oxygens (including phenoxy) is 2. The van der Waals surface area contributed by atoms with Gasteiger partial charge < -0.3 is 14.8 Å². The third kappa shape index (κ3) is 4.06. The molecule has 0 unspecified atom stereocenters. The molecule has 0 aliphatic heterocycles. The Balaban J connectivity index is 2.81. The quantitative estimate of drug-likeness (QED) is 0.819. The highest BCUT2D eigenvalue weighted by Gasteiger charge is 2.08. The van der Waals surface area contributed by atoms with Crippen LogP contribution in [0.2, 0.25) is 0 Å². The van der Waals surface area contributed by atoms with Crippen LogP contribution < -0.4 is 14.8 Å². The SMILES string of the molecule is C=C(C)CNCc1cc(OC)c(OC)cc1Br. The van der Waals surface area contributed by atoms with Crippen molar-refractivity contribution in [2.24, 2.45) is 0 Å². The molecule has 0 saturated heterocycles. The molecule has 0 aliphatic rings. The number of rotatable bonds is 6. The first-order valence-corrected chi connectivity index (χ1v) is 6.13. The molecule has 0 saturated carbocycles. The molecule has 4 heteroatoms. The van der Waals surface area contributed by atoms with Gasteiger partial charge in [0.15, 0.2) is 11.5 Å². The second-order valence-electron chi connectivity index (χ2n) is 3.86. The van der Waals surface area contributed by atoms with Crippen molar-refractivity contribution in [2.45, 2.75) is 13.5 Å². The lowest BCUT2D eigenvalue weighted by atomic mass is 10.2. The van der Waals surface area contributed by atoms with Crippen molar-refractivity contribution in [2.75, 3.05) is 20.8 Å². The van der Waals surface area contributed by atoms with Crippen molar-refractivity contribution in [3.8, 4) is 11.5 Å². The van der Waals surface area contributed by atoms with Gasteiger partial charge in [0.25, 0.3) is 0 Å². The molecule has 1 aromatic carbocycles. The maximum Gasteiger partial charge on any atom is 0.161 e. The summed E-state index contributed by atoms with van der Waals surface area (Å²) in [5, 5.41) is 3.30. The van der Waals surface area contributed by atoms with Crippen molar-refractivity contribution in [1.29, 1.82) is 0 Å². The number of hydrogen-bond acceptors (Lipinski definition) is 3. The van der Waals surface area contributed by atoms with Crippen LogP contribution in [0.15, 0.2) is 28.8 Å². The monoisotopic (exact) mass is 299 g/mol. The fourth-order valence-corrected chi connectivity index (χ4v) is 1.90. The first-order chi connectivity index (χ1) is 8.08. The van der Waals surface area contributed by atoms with Gasteiger partial charge in [0, 0.05) is 17.6 Å². The molecular formula is C13H18BrNO2. The molecule has 0 bridgehead atoms. The minimum Gasteiger partial charge on any atom is -0.493 e. The van der Waals surface area contributed by atoms with E-state index < -0.39 is 0 Å². The van der Waals surface area contributed by atoms with Crippen LogP contribution in [0.25, 0.3) is 0 Å². The highest BCUT2D eigenvalue weighted by Crippen LogP contribution is 2.33. The van der Waals surface area contributed by atoms with Gasteiger partial charge in [-0.05, 0) is 24.6 Å². The van der Waals surface area contributed by atoms with Crippen LogP contribution in [0.3, 0.4) is 0 Å². The Kier molecular flexibility index (Phi) is 5.51. The number of benzene rings is 1. The van der Waals surface area contributed by atoms with Gasteiger partial charge in [-0.3, -0.25) is 0 Å². The fraction of sp³-hybridized carbons (Fsp3) is 0.385. The van der Waals surface area contributed by atoms with E-state index in [4.69, 9.17) is 9.47 Å². The number of nitrogens with one attached hydrogen (secondary N) is 1. The van der Waals surface area contributed by atoms with Gasteiger partial charge in [-0.15, -0.1) is 0 Å². The third-order valence-electron chi connectivity index (χ3n) is 2.29.